The van der Waals surface area contributed by atoms with Crippen molar-refractivity contribution in [2.75, 3.05) is 19.5 Å². The van der Waals surface area contributed by atoms with Gasteiger partial charge >= 0.3 is 11.9 Å². The number of carbonyl (C=O) groups is 4. The zero-order valence-electron chi connectivity index (χ0n) is 16.1. The monoisotopic (exact) mass is 397 g/mol. The van der Waals surface area contributed by atoms with Gasteiger partial charge in [0.15, 0.2) is 0 Å². The number of benzene rings is 1. The molecule has 2 aliphatic rings. The summed E-state index contributed by atoms with van der Waals surface area (Å²) in [6.07, 6.45) is 6.54. The molecule has 1 unspecified atom stereocenters. The Labute approximate surface area is 166 Å². The molecule has 0 spiro atoms. The molecule has 29 heavy (non-hydrogen) atoms. The van der Waals surface area contributed by atoms with Crippen LogP contribution in [0.3, 0.4) is 0 Å². The minimum atomic E-state index is -1.29. The van der Waals surface area contributed by atoms with Gasteiger partial charge in [-0.3, -0.25) is 9.59 Å². The largest absolute Gasteiger partial charge is 0.465 e. The van der Waals surface area contributed by atoms with Crippen molar-refractivity contribution in [2.24, 2.45) is 4.99 Å². The number of aliphatic imine (C=N–C) groups is 1. The quantitative estimate of drug-likeness (QED) is 0.769. The van der Waals surface area contributed by atoms with E-state index in [0.29, 0.717) is 5.84 Å². The van der Waals surface area contributed by atoms with Gasteiger partial charge in [0.05, 0.1) is 37.5 Å². The lowest BCUT2D eigenvalue weighted by molar-refractivity contribution is -0.130. The predicted molar refractivity (Wildman–Crippen MR) is 103 cm³/mol. The van der Waals surface area contributed by atoms with E-state index in [0.717, 1.165) is 0 Å². The standard InChI is InChI=1S/C20H19N3O6/c1-20(11-16(24)22-15-6-4-5-9-23(15)20)19(27)21-14-10-12(17(25)28-2)7-8-13(14)18(26)29-3/h4-10H,11H2,1-3H3,(H,21,27). The molecule has 0 bridgehead atoms. The fraction of sp³-hybridized carbons (Fsp3) is 0.250. The summed E-state index contributed by atoms with van der Waals surface area (Å²) < 4.78 is 9.44. The molecule has 1 N–H and O–H groups in total. The Kier molecular flexibility index (Phi) is 5.31. The number of hydrogen-bond donors (Lipinski definition) is 1. The second kappa shape index (κ2) is 7.70. The molecule has 150 valence electrons. The van der Waals surface area contributed by atoms with Gasteiger partial charge in [-0.05, 0) is 37.3 Å². The van der Waals surface area contributed by atoms with Gasteiger partial charge in [-0.1, -0.05) is 6.08 Å². The number of nitrogens with zero attached hydrogens (tertiary/aromatic N) is 2. The maximum absolute atomic E-state index is 13.2. The average molecular weight is 397 g/mol. The predicted octanol–water partition coefficient (Wildman–Crippen LogP) is 1.67. The highest BCUT2D eigenvalue weighted by Gasteiger charge is 2.45. The molecule has 9 heteroatoms. The first-order valence-corrected chi connectivity index (χ1v) is 8.68. The van der Waals surface area contributed by atoms with E-state index in [1.165, 1.54) is 32.4 Å². The molecule has 2 heterocycles. The summed E-state index contributed by atoms with van der Waals surface area (Å²) in [7, 11) is 2.43. The zero-order valence-corrected chi connectivity index (χ0v) is 16.1. The summed E-state index contributed by atoms with van der Waals surface area (Å²) in [5, 5.41) is 2.65. The number of allylic oxidation sites excluding steroid dienone is 2. The van der Waals surface area contributed by atoms with Crippen molar-refractivity contribution in [2.45, 2.75) is 18.9 Å². The lowest BCUT2D eigenvalue weighted by Crippen LogP contribution is -2.58. The maximum Gasteiger partial charge on any atom is 0.339 e. The Morgan fingerprint density at radius 2 is 1.86 bits per heavy atom. The Morgan fingerprint density at radius 3 is 2.55 bits per heavy atom. The van der Waals surface area contributed by atoms with Crippen LogP contribution in [-0.2, 0) is 19.1 Å². The van der Waals surface area contributed by atoms with Gasteiger partial charge in [-0.2, -0.15) is 4.99 Å². The van der Waals surface area contributed by atoms with E-state index in [1.807, 2.05) is 0 Å². The molecule has 1 aromatic rings. The van der Waals surface area contributed by atoms with E-state index in [1.54, 1.807) is 36.3 Å². The Morgan fingerprint density at radius 1 is 1.14 bits per heavy atom. The van der Waals surface area contributed by atoms with Crippen LogP contribution in [0.25, 0.3) is 0 Å². The molecule has 9 nitrogen and oxygen atoms in total. The van der Waals surface area contributed by atoms with E-state index < -0.39 is 29.3 Å². The molecular formula is C20H19N3O6. The van der Waals surface area contributed by atoms with E-state index in [-0.39, 0.29) is 23.2 Å². The molecule has 0 fully saturated rings. The summed E-state index contributed by atoms with van der Waals surface area (Å²) in [6.45, 7) is 1.60. The normalized spacial score (nSPS) is 19.9. The number of anilines is 1. The number of fused-ring (bicyclic) bond motifs is 1. The number of amidine groups is 1. The first-order chi connectivity index (χ1) is 13.8. The van der Waals surface area contributed by atoms with Crippen molar-refractivity contribution < 1.29 is 28.7 Å². The molecule has 2 amide bonds. The van der Waals surface area contributed by atoms with Crippen molar-refractivity contribution in [3.63, 3.8) is 0 Å². The van der Waals surface area contributed by atoms with E-state index >= 15 is 0 Å². The van der Waals surface area contributed by atoms with Gasteiger partial charge in [0.1, 0.15) is 11.4 Å². The van der Waals surface area contributed by atoms with Crippen molar-refractivity contribution in [1.82, 2.24) is 4.90 Å². The van der Waals surface area contributed by atoms with E-state index in [4.69, 9.17) is 9.47 Å². The van der Waals surface area contributed by atoms with Crippen LogP contribution >= 0.6 is 0 Å². The molecule has 3 rings (SSSR count). The molecule has 0 saturated carbocycles. The highest BCUT2D eigenvalue weighted by Crippen LogP contribution is 2.30. The number of esters is 2. The summed E-state index contributed by atoms with van der Waals surface area (Å²) in [5.41, 5.74) is -1.02. The van der Waals surface area contributed by atoms with Crippen LogP contribution in [0.2, 0.25) is 0 Å². The summed E-state index contributed by atoms with van der Waals surface area (Å²) >= 11 is 0. The second-order valence-corrected chi connectivity index (χ2v) is 6.58. The first-order valence-electron chi connectivity index (χ1n) is 8.68. The highest BCUT2D eigenvalue weighted by atomic mass is 16.5. The Hall–Kier alpha value is -3.75. The number of carbonyl (C=O) groups excluding carboxylic acids is 4. The molecule has 1 atom stereocenters. The van der Waals surface area contributed by atoms with Crippen LogP contribution < -0.4 is 5.32 Å². The third kappa shape index (κ3) is 3.66. The van der Waals surface area contributed by atoms with Crippen LogP contribution in [0.15, 0.2) is 47.6 Å². The fourth-order valence-corrected chi connectivity index (χ4v) is 3.12. The van der Waals surface area contributed by atoms with Crippen LogP contribution in [0.1, 0.15) is 34.1 Å². The molecular weight excluding hydrogens is 378 g/mol. The van der Waals surface area contributed by atoms with Crippen LogP contribution in [-0.4, -0.2) is 54.2 Å². The fourth-order valence-electron chi connectivity index (χ4n) is 3.12. The van der Waals surface area contributed by atoms with Gasteiger partial charge in [0.2, 0.25) is 0 Å². The lowest BCUT2D eigenvalue weighted by Gasteiger charge is -2.41. The van der Waals surface area contributed by atoms with Crippen molar-refractivity contribution >= 4 is 35.3 Å². The molecule has 1 aromatic carbocycles. The van der Waals surface area contributed by atoms with Crippen LogP contribution in [0.4, 0.5) is 5.69 Å². The van der Waals surface area contributed by atoms with Gasteiger partial charge in [-0.25, -0.2) is 9.59 Å². The SMILES string of the molecule is COC(=O)c1ccc(C(=O)OC)c(NC(=O)C2(C)CC(=O)N=C3C=CC=CN32)c1. The van der Waals surface area contributed by atoms with E-state index in [2.05, 4.69) is 10.3 Å². The number of amides is 2. The molecule has 0 saturated heterocycles. The third-order valence-corrected chi connectivity index (χ3v) is 4.69. The first kappa shape index (κ1) is 20.0. The molecule has 0 aliphatic carbocycles. The average Bonchev–Trinajstić information content (AvgIpc) is 2.72. The zero-order chi connectivity index (χ0) is 21.2. The number of rotatable bonds is 4. The van der Waals surface area contributed by atoms with Gasteiger partial charge in [0, 0.05) is 6.20 Å². The minimum Gasteiger partial charge on any atom is -0.465 e. The van der Waals surface area contributed by atoms with Crippen molar-refractivity contribution in [1.29, 1.82) is 0 Å². The topological polar surface area (TPSA) is 114 Å². The van der Waals surface area contributed by atoms with Crippen molar-refractivity contribution in [3.05, 3.63) is 53.8 Å². The van der Waals surface area contributed by atoms with Crippen molar-refractivity contribution in [3.8, 4) is 0 Å². The number of methoxy groups -OCH3 is 2. The number of hydrogen-bond acceptors (Lipinski definition) is 7. The van der Waals surface area contributed by atoms with Gasteiger partial charge in [-0.15, -0.1) is 0 Å². The van der Waals surface area contributed by atoms with E-state index in [9.17, 15) is 19.2 Å². The summed E-state index contributed by atoms with van der Waals surface area (Å²) in [5.74, 6) is -1.97. The van der Waals surface area contributed by atoms with Crippen LogP contribution in [0, 0.1) is 0 Å². The highest BCUT2D eigenvalue weighted by molar-refractivity contribution is 6.13. The smallest absolute Gasteiger partial charge is 0.339 e. The molecule has 2 aliphatic heterocycles. The molecule has 0 aromatic heterocycles. The lowest BCUT2D eigenvalue weighted by atomic mass is 9.91. The van der Waals surface area contributed by atoms with Crippen LogP contribution in [0.5, 0.6) is 0 Å². The number of nitrogens with one attached hydrogen (secondary N) is 1. The second-order valence-electron chi connectivity index (χ2n) is 6.58. The van der Waals surface area contributed by atoms with Gasteiger partial charge < -0.3 is 19.7 Å². The summed E-state index contributed by atoms with van der Waals surface area (Å²) in [6, 6.07) is 4.08. The maximum atomic E-state index is 13.2. The number of ether oxygens (including phenoxy) is 2. The minimum absolute atomic E-state index is 0.0576. The Bertz CT molecular complexity index is 994. The Balaban J connectivity index is 1.99. The molecule has 0 radical (unpaired) electrons. The van der Waals surface area contributed by atoms with Gasteiger partial charge in [0.25, 0.3) is 11.8 Å². The third-order valence-electron chi connectivity index (χ3n) is 4.69. The summed E-state index contributed by atoms with van der Waals surface area (Å²) in [4.78, 5) is 54.8.